The number of fused-ring (bicyclic) bond motifs is 2. The number of hydrogen-bond donors (Lipinski definition) is 2. The molecule has 26 heavy (non-hydrogen) atoms. The average molecular weight is 355 g/mol. The minimum atomic E-state index is -0.662. The van der Waals surface area contributed by atoms with E-state index in [1.165, 1.54) is 13.2 Å². The first-order valence-corrected chi connectivity index (χ1v) is 8.35. The van der Waals surface area contributed by atoms with E-state index in [1.807, 2.05) is 20.8 Å². The van der Waals surface area contributed by atoms with Crippen molar-refractivity contribution in [3.63, 3.8) is 0 Å². The first-order valence-electron chi connectivity index (χ1n) is 8.35. The van der Waals surface area contributed by atoms with Crippen molar-refractivity contribution >= 4 is 22.3 Å². The number of aryl methyl sites for hydroxylation is 1. The number of Topliss-reactive ketones (excluding diaryl/α,β-unsaturated/α-hetero) is 1. The van der Waals surface area contributed by atoms with Gasteiger partial charge in [0, 0.05) is 21.8 Å². The normalized spacial score (nSPS) is 20.3. The number of aliphatic hydroxyl groups is 1. The molecule has 0 unspecified atom stereocenters. The first kappa shape index (κ1) is 16.6. The summed E-state index contributed by atoms with van der Waals surface area (Å²) in [5.41, 5.74) is 0.483. The molecule has 0 saturated carbocycles. The molecule has 1 aliphatic heterocycles. The lowest BCUT2D eigenvalue weighted by Crippen LogP contribution is -2.29. The van der Waals surface area contributed by atoms with E-state index in [2.05, 4.69) is 0 Å². The molecule has 136 valence electrons. The van der Waals surface area contributed by atoms with Crippen molar-refractivity contribution in [1.29, 1.82) is 0 Å². The second-order valence-corrected chi connectivity index (χ2v) is 7.44. The van der Waals surface area contributed by atoms with Crippen LogP contribution in [-0.2, 0) is 10.2 Å². The molecule has 2 N–H and O–H groups in total. The molecule has 2 aromatic rings. The molecular weight excluding hydrogens is 336 g/mol. The quantitative estimate of drug-likeness (QED) is 0.816. The molecule has 1 heterocycles. The van der Waals surface area contributed by atoms with Crippen LogP contribution in [0.4, 0.5) is 0 Å². The van der Waals surface area contributed by atoms with Crippen molar-refractivity contribution in [1.82, 2.24) is 0 Å². The molecule has 2 aromatic carbocycles. The maximum atomic E-state index is 13.3. The number of rotatable bonds is 1. The SMILES string of the molecule is COC1=C(O)c2c([O-])c3c(c4c(C)cc(O)c(c24)C1=O)O[C@H](C)C3(C)C. The van der Waals surface area contributed by atoms with Gasteiger partial charge in [-0.2, -0.15) is 0 Å². The number of allylic oxidation sites excluding steroid dienone is 1. The molecule has 0 amide bonds. The Morgan fingerprint density at radius 3 is 2.50 bits per heavy atom. The highest BCUT2D eigenvalue weighted by atomic mass is 16.5. The zero-order chi connectivity index (χ0) is 19.1. The molecule has 6 nitrogen and oxygen atoms in total. The van der Waals surface area contributed by atoms with Gasteiger partial charge in [-0.1, -0.05) is 19.6 Å². The predicted octanol–water partition coefficient (Wildman–Crippen LogP) is 3.06. The van der Waals surface area contributed by atoms with Crippen molar-refractivity contribution in [2.75, 3.05) is 7.11 Å². The molecule has 4 rings (SSSR count). The second kappa shape index (κ2) is 4.84. The third-order valence-electron chi connectivity index (χ3n) is 5.71. The standard InChI is InChI=1S/C20H20O6/c1-7-6-9(21)11-12-10(7)18-14(20(3,4)8(2)26-18)15(22)13(12)17(24)19(25-5)16(11)23/h6,8,21-22,24H,1-5H3/p-1/t8-/m1/s1. The van der Waals surface area contributed by atoms with Crippen LogP contribution < -0.4 is 9.84 Å². The van der Waals surface area contributed by atoms with Gasteiger partial charge in [0.2, 0.25) is 11.5 Å². The van der Waals surface area contributed by atoms with Crippen molar-refractivity contribution in [3.05, 3.63) is 34.1 Å². The fourth-order valence-corrected chi connectivity index (χ4v) is 4.02. The molecule has 0 fully saturated rings. The van der Waals surface area contributed by atoms with Crippen LogP contribution in [0.2, 0.25) is 0 Å². The number of hydrogen-bond acceptors (Lipinski definition) is 6. The van der Waals surface area contributed by atoms with Crippen LogP contribution >= 0.6 is 0 Å². The topological polar surface area (TPSA) is 99.0 Å². The van der Waals surface area contributed by atoms with Crippen LogP contribution in [0.15, 0.2) is 11.8 Å². The Balaban J connectivity index is 2.32. The van der Waals surface area contributed by atoms with Crippen molar-refractivity contribution in [3.8, 4) is 17.2 Å². The molecule has 0 spiro atoms. The Hall–Kier alpha value is -2.89. The Labute approximate surface area is 150 Å². The highest BCUT2D eigenvalue weighted by Gasteiger charge is 2.44. The van der Waals surface area contributed by atoms with E-state index in [0.29, 0.717) is 22.3 Å². The third-order valence-corrected chi connectivity index (χ3v) is 5.71. The van der Waals surface area contributed by atoms with E-state index < -0.39 is 22.7 Å². The number of aromatic hydroxyl groups is 1. The fraction of sp³-hybridized carbons (Fsp3) is 0.350. The maximum Gasteiger partial charge on any atom is 0.235 e. The molecule has 0 bridgehead atoms. The Morgan fingerprint density at radius 2 is 1.88 bits per heavy atom. The largest absolute Gasteiger partial charge is 0.872 e. The van der Waals surface area contributed by atoms with Gasteiger partial charge in [-0.3, -0.25) is 4.79 Å². The molecule has 2 aliphatic rings. The van der Waals surface area contributed by atoms with E-state index in [-0.39, 0.29) is 34.1 Å². The minimum absolute atomic E-state index is 0.0185. The number of benzene rings is 2. The van der Waals surface area contributed by atoms with E-state index in [1.54, 1.807) is 6.92 Å². The van der Waals surface area contributed by atoms with Crippen molar-refractivity contribution in [2.45, 2.75) is 39.2 Å². The molecular formula is C20H19O6-. The molecule has 6 heteroatoms. The van der Waals surface area contributed by atoms with Crippen LogP contribution in [0, 0.1) is 6.92 Å². The molecule has 1 atom stereocenters. The monoisotopic (exact) mass is 355 g/mol. The number of carbonyl (C=O) groups is 1. The fourth-order valence-electron chi connectivity index (χ4n) is 4.02. The van der Waals surface area contributed by atoms with E-state index in [9.17, 15) is 20.1 Å². The lowest BCUT2D eigenvalue weighted by molar-refractivity contribution is -0.270. The van der Waals surface area contributed by atoms with E-state index in [0.717, 1.165) is 0 Å². The number of carbonyl (C=O) groups excluding carboxylic acids is 1. The highest BCUT2D eigenvalue weighted by Crippen LogP contribution is 2.56. The predicted molar refractivity (Wildman–Crippen MR) is 93.8 cm³/mol. The van der Waals surface area contributed by atoms with Crippen molar-refractivity contribution < 1.29 is 29.6 Å². The lowest BCUT2D eigenvalue weighted by atomic mass is 9.77. The lowest BCUT2D eigenvalue weighted by Gasteiger charge is -2.31. The Kier molecular flexibility index (Phi) is 3.09. The summed E-state index contributed by atoms with van der Waals surface area (Å²) in [4.78, 5) is 12.7. The summed E-state index contributed by atoms with van der Waals surface area (Å²) in [7, 11) is 1.24. The number of ether oxygens (including phenoxy) is 2. The van der Waals surface area contributed by atoms with Gasteiger partial charge in [-0.05, 0) is 31.0 Å². The average Bonchev–Trinajstić information content (AvgIpc) is 2.77. The van der Waals surface area contributed by atoms with Gasteiger partial charge in [0.05, 0.1) is 12.7 Å². The molecule has 1 aliphatic carbocycles. The zero-order valence-corrected chi connectivity index (χ0v) is 15.2. The van der Waals surface area contributed by atoms with Crippen LogP contribution in [0.25, 0.3) is 16.5 Å². The number of methoxy groups -OCH3 is 1. The third kappa shape index (κ3) is 1.69. The summed E-state index contributed by atoms with van der Waals surface area (Å²) < 4.78 is 11.1. The summed E-state index contributed by atoms with van der Waals surface area (Å²) in [5.74, 6) is -1.75. The summed E-state index contributed by atoms with van der Waals surface area (Å²) in [5, 5.41) is 35.1. The van der Waals surface area contributed by atoms with Crippen LogP contribution in [0.1, 0.15) is 47.8 Å². The first-order chi connectivity index (χ1) is 12.1. The van der Waals surface area contributed by atoms with Gasteiger partial charge in [0.15, 0.2) is 5.76 Å². The number of phenolic OH excluding ortho intramolecular Hbond substituents is 1. The second-order valence-electron chi connectivity index (χ2n) is 7.44. The molecule has 0 saturated heterocycles. The van der Waals surface area contributed by atoms with Gasteiger partial charge in [-0.15, -0.1) is 0 Å². The highest BCUT2D eigenvalue weighted by molar-refractivity contribution is 6.26. The van der Waals surface area contributed by atoms with Crippen LogP contribution in [0.3, 0.4) is 0 Å². The van der Waals surface area contributed by atoms with E-state index in [4.69, 9.17) is 9.47 Å². The Morgan fingerprint density at radius 1 is 1.23 bits per heavy atom. The Bertz CT molecular complexity index is 1040. The van der Waals surface area contributed by atoms with Gasteiger partial charge >= 0.3 is 0 Å². The summed E-state index contributed by atoms with van der Waals surface area (Å²) in [6.45, 7) is 7.46. The van der Waals surface area contributed by atoms with Crippen molar-refractivity contribution in [2.24, 2.45) is 0 Å². The maximum absolute atomic E-state index is 13.3. The van der Waals surface area contributed by atoms with Crippen LogP contribution in [-0.4, -0.2) is 29.2 Å². The number of aliphatic hydroxyl groups excluding tert-OH is 1. The summed E-state index contributed by atoms with van der Waals surface area (Å²) in [6, 6.07) is 1.47. The van der Waals surface area contributed by atoms with Gasteiger partial charge in [-0.25, -0.2) is 0 Å². The summed E-state index contributed by atoms with van der Waals surface area (Å²) in [6.07, 6.45) is -0.259. The smallest absolute Gasteiger partial charge is 0.235 e. The minimum Gasteiger partial charge on any atom is -0.872 e. The van der Waals surface area contributed by atoms with Gasteiger partial charge < -0.3 is 24.8 Å². The van der Waals surface area contributed by atoms with E-state index >= 15 is 0 Å². The van der Waals surface area contributed by atoms with Crippen LogP contribution in [0.5, 0.6) is 17.2 Å². The van der Waals surface area contributed by atoms with Gasteiger partial charge in [0.1, 0.15) is 17.6 Å². The summed E-state index contributed by atoms with van der Waals surface area (Å²) >= 11 is 0. The number of ketones is 1. The van der Waals surface area contributed by atoms with Gasteiger partial charge in [0.25, 0.3) is 0 Å². The molecule has 0 aromatic heterocycles. The number of phenols is 1. The zero-order valence-electron chi connectivity index (χ0n) is 15.2. The molecule has 0 radical (unpaired) electrons.